The zero-order chi connectivity index (χ0) is 16.9. The van der Waals surface area contributed by atoms with Gasteiger partial charge in [-0.3, -0.25) is 4.99 Å². The van der Waals surface area contributed by atoms with Crippen LogP contribution in [0.5, 0.6) is 0 Å². The van der Waals surface area contributed by atoms with E-state index in [1.165, 1.54) is 25.9 Å². The molecule has 0 amide bonds. The van der Waals surface area contributed by atoms with Gasteiger partial charge in [0.25, 0.3) is 0 Å². The van der Waals surface area contributed by atoms with Crippen LogP contribution in [0.2, 0.25) is 0 Å². The van der Waals surface area contributed by atoms with Gasteiger partial charge in [0, 0.05) is 41.1 Å². The lowest BCUT2D eigenvalue weighted by molar-refractivity contribution is 0.188. The molecule has 0 saturated carbocycles. The molecule has 1 saturated heterocycles. The first kappa shape index (κ1) is 16.9. The minimum Gasteiger partial charge on any atom is -0.326 e. The molecule has 0 bridgehead atoms. The molecule has 2 aromatic rings. The van der Waals surface area contributed by atoms with E-state index in [4.69, 9.17) is 0 Å². The molecule has 24 heavy (non-hydrogen) atoms. The summed E-state index contributed by atoms with van der Waals surface area (Å²) in [4.78, 5) is 11.5. The van der Waals surface area contributed by atoms with E-state index in [1.54, 1.807) is 6.21 Å². The smallest absolute Gasteiger partial charge is 0.140 e. The Bertz CT molecular complexity index is 810. The number of aromatic nitrogens is 2. The van der Waals surface area contributed by atoms with Crippen molar-refractivity contribution in [3.63, 3.8) is 0 Å². The molecule has 3 rings (SSSR count). The third kappa shape index (κ3) is 3.59. The second kappa shape index (κ2) is 7.75. The van der Waals surface area contributed by atoms with Gasteiger partial charge in [-0.25, -0.2) is 4.98 Å². The van der Waals surface area contributed by atoms with Gasteiger partial charge in [-0.15, -0.1) is 0 Å². The summed E-state index contributed by atoms with van der Waals surface area (Å²) in [5.41, 5.74) is 1.02. The Morgan fingerprint density at radius 1 is 1.33 bits per heavy atom. The largest absolute Gasteiger partial charge is 0.326 e. The Hall–Kier alpha value is -1.94. The average molecular weight is 324 g/mol. The number of rotatable bonds is 5. The summed E-state index contributed by atoms with van der Waals surface area (Å²) in [7, 11) is 0. The minimum atomic E-state index is 0.891. The summed E-state index contributed by atoms with van der Waals surface area (Å²) >= 11 is 0. The summed E-state index contributed by atoms with van der Waals surface area (Å²) in [6.07, 6.45) is 9.36. The first-order chi connectivity index (χ1) is 11.7. The van der Waals surface area contributed by atoms with E-state index in [2.05, 4.69) is 39.0 Å². The molecule has 0 aliphatic carbocycles. The molecule has 128 valence electrons. The maximum atomic E-state index is 4.58. The first-order valence-corrected chi connectivity index (χ1v) is 9.03. The molecule has 0 unspecified atom stereocenters. The number of fused-ring (bicyclic) bond motifs is 1. The SMILES string of the molecule is C=c1/c(=C\N=C/C)c2cccnc2n1CCCN1CCC(C)CC1. The third-order valence-electron chi connectivity index (χ3n) is 5.05. The molecule has 0 atom stereocenters. The van der Waals surface area contributed by atoms with Gasteiger partial charge in [0.05, 0.1) is 0 Å². The summed E-state index contributed by atoms with van der Waals surface area (Å²) in [5, 5.41) is 3.24. The number of hydrogen-bond acceptors (Lipinski definition) is 3. The molecular formula is C20H28N4. The highest BCUT2D eigenvalue weighted by Gasteiger charge is 2.15. The minimum absolute atomic E-state index is 0.891. The molecule has 0 N–H and O–H groups in total. The highest BCUT2D eigenvalue weighted by Crippen LogP contribution is 2.16. The van der Waals surface area contributed by atoms with Crippen LogP contribution in [-0.4, -0.2) is 40.3 Å². The van der Waals surface area contributed by atoms with Crippen LogP contribution in [0.4, 0.5) is 0 Å². The number of likely N-dealkylation sites (tertiary alicyclic amines) is 1. The molecule has 0 spiro atoms. The molecule has 0 radical (unpaired) electrons. The Labute approximate surface area is 144 Å². The molecule has 2 aromatic heterocycles. The lowest BCUT2D eigenvalue weighted by atomic mass is 9.99. The van der Waals surface area contributed by atoms with Crippen molar-refractivity contribution in [3.05, 3.63) is 28.9 Å². The predicted molar refractivity (Wildman–Crippen MR) is 103 cm³/mol. The second-order valence-corrected chi connectivity index (χ2v) is 6.80. The van der Waals surface area contributed by atoms with Crippen molar-refractivity contribution < 1.29 is 0 Å². The van der Waals surface area contributed by atoms with E-state index in [0.717, 1.165) is 47.0 Å². The monoisotopic (exact) mass is 324 g/mol. The fourth-order valence-electron chi connectivity index (χ4n) is 3.52. The maximum Gasteiger partial charge on any atom is 0.140 e. The fourth-order valence-corrected chi connectivity index (χ4v) is 3.52. The van der Waals surface area contributed by atoms with E-state index in [-0.39, 0.29) is 0 Å². The van der Waals surface area contributed by atoms with Crippen molar-refractivity contribution in [2.24, 2.45) is 10.9 Å². The normalized spacial score (nSPS) is 18.2. The van der Waals surface area contributed by atoms with E-state index in [9.17, 15) is 0 Å². The van der Waals surface area contributed by atoms with Crippen molar-refractivity contribution in [2.75, 3.05) is 19.6 Å². The van der Waals surface area contributed by atoms with E-state index in [0.29, 0.717) is 0 Å². The summed E-state index contributed by atoms with van der Waals surface area (Å²) in [5.74, 6) is 0.891. The zero-order valence-corrected chi connectivity index (χ0v) is 14.9. The number of hydrogen-bond donors (Lipinski definition) is 0. The first-order valence-electron chi connectivity index (χ1n) is 9.03. The van der Waals surface area contributed by atoms with Gasteiger partial charge in [-0.1, -0.05) is 13.5 Å². The standard InChI is InChI=1S/C20H28N4/c1-4-21-15-19-17(3)24(20-18(19)7-5-10-22-20)12-6-11-23-13-8-16(2)9-14-23/h4-5,7,10,15-16H,3,6,8-9,11-14H2,1-2H3/b19-15+,21-4-. The van der Waals surface area contributed by atoms with Crippen LogP contribution in [0.3, 0.4) is 0 Å². The van der Waals surface area contributed by atoms with E-state index in [1.807, 2.05) is 25.4 Å². The van der Waals surface area contributed by atoms with Crippen LogP contribution in [0.1, 0.15) is 33.1 Å². The van der Waals surface area contributed by atoms with Gasteiger partial charge in [0.15, 0.2) is 0 Å². The number of nitrogens with zero attached hydrogens (tertiary/aromatic N) is 4. The van der Waals surface area contributed by atoms with E-state index < -0.39 is 0 Å². The molecular weight excluding hydrogens is 296 g/mol. The van der Waals surface area contributed by atoms with Crippen LogP contribution < -0.4 is 10.6 Å². The van der Waals surface area contributed by atoms with Crippen LogP contribution in [0, 0.1) is 5.92 Å². The lowest BCUT2D eigenvalue weighted by Gasteiger charge is -2.30. The van der Waals surface area contributed by atoms with Crippen molar-refractivity contribution in [1.82, 2.24) is 14.5 Å². The zero-order valence-electron chi connectivity index (χ0n) is 14.9. The van der Waals surface area contributed by atoms with Crippen molar-refractivity contribution in [1.29, 1.82) is 0 Å². The van der Waals surface area contributed by atoms with Crippen molar-refractivity contribution in [3.8, 4) is 0 Å². The van der Waals surface area contributed by atoms with Gasteiger partial charge in [-0.05, 0) is 63.9 Å². The van der Waals surface area contributed by atoms with Crippen LogP contribution >= 0.6 is 0 Å². The Balaban J connectivity index is 1.77. The Kier molecular flexibility index (Phi) is 5.46. The number of aryl methyl sites for hydroxylation is 1. The van der Waals surface area contributed by atoms with Crippen LogP contribution in [-0.2, 0) is 6.54 Å². The van der Waals surface area contributed by atoms with Gasteiger partial charge in [0.1, 0.15) is 5.65 Å². The highest BCUT2D eigenvalue weighted by atomic mass is 15.1. The molecule has 1 aliphatic rings. The van der Waals surface area contributed by atoms with Crippen LogP contribution in [0.15, 0.2) is 23.3 Å². The highest BCUT2D eigenvalue weighted by molar-refractivity contribution is 5.78. The molecule has 4 nitrogen and oxygen atoms in total. The quantitative estimate of drug-likeness (QED) is 0.791. The lowest BCUT2D eigenvalue weighted by Crippen LogP contribution is -2.34. The Morgan fingerprint density at radius 2 is 2.12 bits per heavy atom. The summed E-state index contributed by atoms with van der Waals surface area (Å²) in [6, 6.07) is 4.09. The number of aliphatic imine (C=N–C) groups is 1. The van der Waals surface area contributed by atoms with Crippen molar-refractivity contribution in [2.45, 2.75) is 39.7 Å². The topological polar surface area (TPSA) is 33.4 Å². The average Bonchev–Trinajstić information content (AvgIpc) is 2.87. The molecule has 3 heterocycles. The second-order valence-electron chi connectivity index (χ2n) is 6.80. The summed E-state index contributed by atoms with van der Waals surface area (Å²) in [6.45, 7) is 13.2. The van der Waals surface area contributed by atoms with Crippen molar-refractivity contribution >= 4 is 30.0 Å². The van der Waals surface area contributed by atoms with Gasteiger partial charge in [0.2, 0.25) is 0 Å². The number of pyridine rings is 1. The molecule has 4 heteroatoms. The number of piperidine rings is 1. The molecule has 1 aliphatic heterocycles. The molecule has 0 aromatic carbocycles. The van der Waals surface area contributed by atoms with Gasteiger partial charge < -0.3 is 9.47 Å². The Morgan fingerprint density at radius 3 is 2.88 bits per heavy atom. The molecule has 1 fully saturated rings. The third-order valence-corrected chi connectivity index (χ3v) is 5.05. The fraction of sp³-hybridized carbons (Fsp3) is 0.500. The predicted octanol–water partition coefficient (Wildman–Crippen LogP) is 2.40. The van der Waals surface area contributed by atoms with E-state index >= 15 is 0 Å². The maximum absolute atomic E-state index is 4.58. The summed E-state index contributed by atoms with van der Waals surface area (Å²) < 4.78 is 2.25. The van der Waals surface area contributed by atoms with Gasteiger partial charge >= 0.3 is 0 Å². The van der Waals surface area contributed by atoms with Crippen LogP contribution in [0.25, 0.3) is 23.8 Å². The van der Waals surface area contributed by atoms with Gasteiger partial charge in [-0.2, -0.15) is 0 Å².